The second kappa shape index (κ2) is 11.4. The Balaban J connectivity index is 1.38. The maximum atomic E-state index is 12.4. The Hall–Kier alpha value is -5.12. The van der Waals surface area contributed by atoms with E-state index in [0.29, 0.717) is 42.5 Å². The molecule has 3 heterocycles. The summed E-state index contributed by atoms with van der Waals surface area (Å²) in [7, 11) is 0. The maximum absolute atomic E-state index is 12.4. The van der Waals surface area contributed by atoms with E-state index in [9.17, 15) is 14.7 Å². The molecule has 1 saturated heterocycles. The molecule has 1 aliphatic heterocycles. The standard InChI is InChI=1S/C32H31N5O5/c1-2-41-32(40)36-14-12-24(18-36)37-28-10-9-22(21-8-7-20-11-13-34-31(33)25(20)15-21)16-26(28)27(35-37)19-42-29-6-4-3-5-23(29)17-30(38)39/h3-11,13,15-16,24H,2,12,14,17-19H2,1H3,(H2,33,34)(H,38,39)/t24-/m1/s1. The maximum Gasteiger partial charge on any atom is 0.409 e. The summed E-state index contributed by atoms with van der Waals surface area (Å²) < 4.78 is 13.4. The van der Waals surface area contributed by atoms with Crippen molar-refractivity contribution < 1.29 is 24.2 Å². The molecular weight excluding hydrogens is 534 g/mol. The molecule has 0 radical (unpaired) electrons. The SMILES string of the molecule is CCOC(=O)N1CC[C@@H](n2nc(COc3ccccc3CC(=O)O)c3cc(-c4ccc5ccnc(N)c5c4)ccc32)C1. The Kier molecular flexibility index (Phi) is 7.35. The third-order valence-corrected chi connectivity index (χ3v) is 7.63. The van der Waals surface area contributed by atoms with Crippen molar-refractivity contribution in [1.29, 1.82) is 0 Å². The number of hydrogen-bond acceptors (Lipinski definition) is 7. The summed E-state index contributed by atoms with van der Waals surface area (Å²) in [6, 6.07) is 21.4. The molecule has 0 aliphatic carbocycles. The van der Waals surface area contributed by atoms with Crippen molar-refractivity contribution in [1.82, 2.24) is 19.7 Å². The summed E-state index contributed by atoms with van der Waals surface area (Å²) >= 11 is 0. The molecule has 3 aromatic carbocycles. The summed E-state index contributed by atoms with van der Waals surface area (Å²) in [5.74, 6) is 0.0550. The number of nitrogen functional groups attached to an aromatic ring is 1. The third-order valence-electron chi connectivity index (χ3n) is 7.63. The summed E-state index contributed by atoms with van der Waals surface area (Å²) in [5, 5.41) is 17.1. The number of nitrogens with two attached hydrogens (primary N) is 1. The van der Waals surface area contributed by atoms with Crippen molar-refractivity contribution in [3.8, 4) is 16.9 Å². The predicted molar refractivity (Wildman–Crippen MR) is 159 cm³/mol. The summed E-state index contributed by atoms with van der Waals surface area (Å²) in [6.07, 6.45) is 1.99. The molecular formula is C32H31N5O5. The Morgan fingerprint density at radius 1 is 1.05 bits per heavy atom. The van der Waals surface area contributed by atoms with Gasteiger partial charge in [-0.05, 0) is 60.2 Å². The van der Waals surface area contributed by atoms with Gasteiger partial charge in [0, 0.05) is 35.6 Å². The second-order valence-electron chi connectivity index (χ2n) is 10.3. The highest BCUT2D eigenvalue weighted by Gasteiger charge is 2.30. The Labute approximate surface area is 242 Å². The first-order chi connectivity index (χ1) is 20.4. The lowest BCUT2D eigenvalue weighted by Gasteiger charge is -2.16. The number of pyridine rings is 1. The largest absolute Gasteiger partial charge is 0.487 e. The number of benzene rings is 3. The van der Waals surface area contributed by atoms with E-state index in [4.69, 9.17) is 20.3 Å². The molecule has 2 aromatic heterocycles. The minimum Gasteiger partial charge on any atom is -0.487 e. The molecule has 10 heteroatoms. The number of aromatic nitrogens is 3. The van der Waals surface area contributed by atoms with E-state index in [2.05, 4.69) is 23.2 Å². The number of carboxylic acid groups (broad SMARTS) is 1. The topological polar surface area (TPSA) is 133 Å². The average molecular weight is 566 g/mol. The van der Waals surface area contributed by atoms with Gasteiger partial charge in [-0.1, -0.05) is 36.4 Å². The van der Waals surface area contributed by atoms with E-state index in [-0.39, 0.29) is 25.2 Å². The van der Waals surface area contributed by atoms with Gasteiger partial charge in [0.2, 0.25) is 0 Å². The number of fused-ring (bicyclic) bond motifs is 2. The van der Waals surface area contributed by atoms with Crippen LogP contribution in [-0.2, 0) is 22.6 Å². The van der Waals surface area contributed by atoms with Gasteiger partial charge in [0.25, 0.3) is 0 Å². The number of anilines is 1. The number of nitrogens with zero attached hydrogens (tertiary/aromatic N) is 4. The lowest BCUT2D eigenvalue weighted by molar-refractivity contribution is -0.136. The van der Waals surface area contributed by atoms with Crippen LogP contribution >= 0.6 is 0 Å². The van der Waals surface area contributed by atoms with Crippen molar-refractivity contribution >= 4 is 39.6 Å². The molecule has 0 unspecified atom stereocenters. The quantitative estimate of drug-likeness (QED) is 0.254. The number of ether oxygens (including phenoxy) is 2. The number of amides is 1. The van der Waals surface area contributed by atoms with Gasteiger partial charge in [-0.25, -0.2) is 9.78 Å². The summed E-state index contributed by atoms with van der Waals surface area (Å²) in [6.45, 7) is 3.35. The molecule has 1 amide bonds. The van der Waals surface area contributed by atoms with Crippen LogP contribution < -0.4 is 10.5 Å². The Morgan fingerprint density at radius 2 is 1.83 bits per heavy atom. The number of carbonyl (C=O) groups is 2. The third kappa shape index (κ3) is 5.30. The monoisotopic (exact) mass is 565 g/mol. The van der Waals surface area contributed by atoms with E-state index < -0.39 is 5.97 Å². The number of likely N-dealkylation sites (tertiary alicyclic amines) is 1. The van der Waals surface area contributed by atoms with Crippen LogP contribution in [0.4, 0.5) is 10.6 Å². The Bertz CT molecular complexity index is 1800. The normalized spacial score (nSPS) is 14.9. The fraction of sp³-hybridized carbons (Fsp3) is 0.250. The molecule has 1 atom stereocenters. The molecule has 214 valence electrons. The van der Waals surface area contributed by atoms with Gasteiger partial charge in [0.05, 0.1) is 24.6 Å². The van der Waals surface area contributed by atoms with Crippen LogP contribution in [0.3, 0.4) is 0 Å². The van der Waals surface area contributed by atoms with Gasteiger partial charge in [-0.3, -0.25) is 9.48 Å². The fourth-order valence-electron chi connectivity index (χ4n) is 5.56. The highest BCUT2D eigenvalue weighted by atomic mass is 16.6. The second-order valence-corrected chi connectivity index (χ2v) is 10.3. The number of carboxylic acids is 1. The van der Waals surface area contributed by atoms with Crippen LogP contribution in [0, 0.1) is 0 Å². The number of rotatable bonds is 8. The molecule has 0 spiro atoms. The van der Waals surface area contributed by atoms with E-state index in [1.54, 1.807) is 36.2 Å². The Morgan fingerprint density at radius 3 is 2.64 bits per heavy atom. The molecule has 5 aromatic rings. The average Bonchev–Trinajstić information content (AvgIpc) is 3.62. The van der Waals surface area contributed by atoms with E-state index in [1.165, 1.54) is 0 Å². The van der Waals surface area contributed by atoms with E-state index in [1.807, 2.05) is 35.0 Å². The molecule has 10 nitrogen and oxygen atoms in total. The van der Waals surface area contributed by atoms with Crippen LogP contribution in [0.25, 0.3) is 32.8 Å². The van der Waals surface area contributed by atoms with Crippen LogP contribution in [0.2, 0.25) is 0 Å². The molecule has 0 saturated carbocycles. The van der Waals surface area contributed by atoms with Crippen LogP contribution in [-0.4, -0.2) is 56.5 Å². The van der Waals surface area contributed by atoms with Gasteiger partial charge in [-0.15, -0.1) is 0 Å². The smallest absolute Gasteiger partial charge is 0.409 e. The van der Waals surface area contributed by atoms with Gasteiger partial charge in [-0.2, -0.15) is 5.10 Å². The van der Waals surface area contributed by atoms with Crippen molar-refractivity contribution in [2.45, 2.75) is 32.4 Å². The number of carbonyl (C=O) groups excluding carboxylic acids is 1. The molecule has 3 N–H and O–H groups in total. The lowest BCUT2D eigenvalue weighted by Crippen LogP contribution is -2.29. The molecule has 42 heavy (non-hydrogen) atoms. The lowest BCUT2D eigenvalue weighted by atomic mass is 10.00. The molecule has 0 bridgehead atoms. The number of aliphatic carboxylic acids is 1. The molecule has 1 aliphatic rings. The van der Waals surface area contributed by atoms with E-state index >= 15 is 0 Å². The van der Waals surface area contributed by atoms with Crippen LogP contribution in [0.1, 0.15) is 30.6 Å². The predicted octanol–water partition coefficient (Wildman–Crippen LogP) is 5.44. The zero-order valence-corrected chi connectivity index (χ0v) is 23.2. The minimum atomic E-state index is -0.927. The van der Waals surface area contributed by atoms with Crippen molar-refractivity contribution in [3.63, 3.8) is 0 Å². The first-order valence-corrected chi connectivity index (χ1v) is 13.9. The van der Waals surface area contributed by atoms with Gasteiger partial charge >= 0.3 is 12.1 Å². The van der Waals surface area contributed by atoms with Crippen molar-refractivity contribution in [2.24, 2.45) is 0 Å². The van der Waals surface area contributed by atoms with Crippen LogP contribution in [0.15, 0.2) is 72.9 Å². The fourth-order valence-corrected chi connectivity index (χ4v) is 5.56. The van der Waals surface area contributed by atoms with Gasteiger partial charge < -0.3 is 25.2 Å². The summed E-state index contributed by atoms with van der Waals surface area (Å²) in [4.78, 5) is 29.7. The van der Waals surface area contributed by atoms with Crippen LogP contribution in [0.5, 0.6) is 5.75 Å². The van der Waals surface area contributed by atoms with Gasteiger partial charge in [0.15, 0.2) is 0 Å². The minimum absolute atomic E-state index is 0.0256. The summed E-state index contributed by atoms with van der Waals surface area (Å²) in [5.41, 5.74) is 10.4. The molecule has 1 fully saturated rings. The number of para-hydroxylation sites is 1. The number of hydrogen-bond donors (Lipinski definition) is 2. The highest BCUT2D eigenvalue weighted by molar-refractivity contribution is 5.95. The zero-order valence-electron chi connectivity index (χ0n) is 23.2. The van der Waals surface area contributed by atoms with Crippen molar-refractivity contribution in [2.75, 3.05) is 25.4 Å². The first-order valence-electron chi connectivity index (χ1n) is 13.9. The van der Waals surface area contributed by atoms with E-state index in [0.717, 1.165) is 39.2 Å². The van der Waals surface area contributed by atoms with Gasteiger partial charge in [0.1, 0.15) is 23.9 Å². The molecule has 6 rings (SSSR count). The zero-order chi connectivity index (χ0) is 29.2. The first kappa shape index (κ1) is 27.1. The van der Waals surface area contributed by atoms with Crippen molar-refractivity contribution in [3.05, 3.63) is 84.2 Å². The highest BCUT2D eigenvalue weighted by Crippen LogP contribution is 2.33.